The molecule has 40 heavy (non-hydrogen) atoms. The molecule has 0 spiro atoms. The predicted octanol–water partition coefficient (Wildman–Crippen LogP) is 0.137. The number of carbonyl (C=O) groups is 4. The summed E-state index contributed by atoms with van der Waals surface area (Å²) in [7, 11) is 3.90. The van der Waals surface area contributed by atoms with Crippen molar-refractivity contribution >= 4 is 34.8 Å². The fourth-order valence-corrected chi connectivity index (χ4v) is 6.51. The van der Waals surface area contributed by atoms with Gasteiger partial charge < -0.3 is 36.4 Å². The molecule has 1 aliphatic heterocycles. The van der Waals surface area contributed by atoms with E-state index < -0.39 is 81.5 Å². The van der Waals surface area contributed by atoms with Crippen molar-refractivity contribution < 1.29 is 44.0 Å². The highest BCUT2D eigenvalue weighted by Crippen LogP contribution is 2.53. The molecule has 1 saturated heterocycles. The van der Waals surface area contributed by atoms with E-state index in [9.17, 15) is 39.6 Å². The summed E-state index contributed by atoms with van der Waals surface area (Å²) in [6, 6.07) is 1.23. The number of nitrogens with two attached hydrogens (primary N) is 1. The lowest BCUT2D eigenvalue weighted by molar-refractivity contribution is -0.147. The van der Waals surface area contributed by atoms with Crippen molar-refractivity contribution in [2.24, 2.45) is 17.6 Å². The smallest absolute Gasteiger partial charge is 0.255 e. The molecule has 1 aromatic rings. The summed E-state index contributed by atoms with van der Waals surface area (Å²) in [5.74, 6) is -9.37. The maximum absolute atomic E-state index is 15.3. The molecule has 214 valence electrons. The number of aliphatic hydroxyl groups excluding tert-OH is 2. The van der Waals surface area contributed by atoms with Crippen LogP contribution in [-0.2, 0) is 25.6 Å². The van der Waals surface area contributed by atoms with E-state index in [1.165, 1.54) is 0 Å². The zero-order chi connectivity index (χ0) is 29.3. The molecule has 1 unspecified atom stereocenters. The third-order valence-electron chi connectivity index (χ3n) is 8.63. The summed E-state index contributed by atoms with van der Waals surface area (Å²) in [5, 5.41) is 46.5. The van der Waals surface area contributed by atoms with Crippen molar-refractivity contribution in [2.45, 2.75) is 37.3 Å². The molecule has 2 fully saturated rings. The molecule has 3 aliphatic carbocycles. The Hall–Kier alpha value is -3.81. The largest absolute Gasteiger partial charge is 0.508 e. The number of aliphatic hydroxyl groups is 3. The Labute approximate surface area is 228 Å². The van der Waals surface area contributed by atoms with Crippen molar-refractivity contribution in [3.8, 4) is 5.75 Å². The van der Waals surface area contributed by atoms with Crippen LogP contribution in [0.2, 0.25) is 0 Å². The van der Waals surface area contributed by atoms with E-state index in [0.29, 0.717) is 13.1 Å². The van der Waals surface area contributed by atoms with Gasteiger partial charge in [-0.1, -0.05) is 0 Å². The number of carbonyl (C=O) groups excluding carboxylic acids is 4. The lowest BCUT2D eigenvalue weighted by Gasteiger charge is -2.46. The number of nitrogens with zero attached hydrogens (tertiary/aromatic N) is 2. The molecule has 1 saturated carbocycles. The van der Waals surface area contributed by atoms with E-state index >= 15 is 4.39 Å². The number of ketones is 2. The quantitative estimate of drug-likeness (QED) is 0.214. The fourth-order valence-electron chi connectivity index (χ4n) is 6.51. The van der Waals surface area contributed by atoms with Crippen LogP contribution in [0.1, 0.15) is 30.4 Å². The number of Topliss-reactive ketones (excluding diaryl/α,β-unsaturated/α-hetero) is 2. The number of primary amides is 1. The van der Waals surface area contributed by atoms with E-state index in [4.69, 9.17) is 5.73 Å². The van der Waals surface area contributed by atoms with Crippen LogP contribution in [0.3, 0.4) is 0 Å². The van der Waals surface area contributed by atoms with Gasteiger partial charge in [-0.15, -0.1) is 0 Å². The first-order valence-corrected chi connectivity index (χ1v) is 13.0. The third-order valence-corrected chi connectivity index (χ3v) is 8.63. The van der Waals surface area contributed by atoms with Crippen LogP contribution in [0, 0.1) is 17.7 Å². The lowest BCUT2D eigenvalue weighted by Crippen LogP contribution is -2.58. The van der Waals surface area contributed by atoms with Crippen molar-refractivity contribution in [1.29, 1.82) is 0 Å². The summed E-state index contributed by atoms with van der Waals surface area (Å²) in [5.41, 5.74) is 0.359. The van der Waals surface area contributed by atoms with Gasteiger partial charge in [0.15, 0.2) is 17.1 Å². The van der Waals surface area contributed by atoms with Gasteiger partial charge in [0, 0.05) is 48.7 Å². The number of amides is 2. The zero-order valence-corrected chi connectivity index (χ0v) is 22.0. The normalized spacial score (nSPS) is 28.5. The van der Waals surface area contributed by atoms with Gasteiger partial charge in [0.1, 0.15) is 22.9 Å². The number of hydrogen-bond acceptors (Lipinski definition) is 10. The van der Waals surface area contributed by atoms with Crippen molar-refractivity contribution in [2.75, 3.05) is 39.0 Å². The van der Waals surface area contributed by atoms with E-state index in [-0.39, 0.29) is 42.3 Å². The number of halogens is 1. The topological polar surface area (TPSA) is 194 Å². The Balaban J connectivity index is 1.49. The van der Waals surface area contributed by atoms with E-state index in [2.05, 4.69) is 10.2 Å². The van der Waals surface area contributed by atoms with Crippen LogP contribution in [0.15, 0.2) is 23.0 Å². The first-order valence-electron chi connectivity index (χ1n) is 13.0. The fraction of sp³-hybridized carbons (Fsp3) is 0.481. The molecule has 0 aromatic heterocycles. The molecular formula is C27H31FN4O8. The van der Waals surface area contributed by atoms with Gasteiger partial charge >= 0.3 is 0 Å². The molecule has 2 amide bonds. The predicted molar refractivity (Wildman–Crippen MR) is 139 cm³/mol. The van der Waals surface area contributed by atoms with Crippen LogP contribution in [0.5, 0.6) is 5.75 Å². The summed E-state index contributed by atoms with van der Waals surface area (Å²) in [4.78, 5) is 54.5. The second kappa shape index (κ2) is 9.68. The second-order valence-electron chi connectivity index (χ2n) is 11.2. The molecule has 4 aliphatic rings. The number of hydrogen-bond donors (Lipinski definition) is 6. The number of rotatable bonds is 5. The maximum atomic E-state index is 15.3. The Morgan fingerprint density at radius 3 is 2.55 bits per heavy atom. The van der Waals surface area contributed by atoms with Gasteiger partial charge in [-0.2, -0.15) is 0 Å². The van der Waals surface area contributed by atoms with E-state index in [1.54, 1.807) is 0 Å². The van der Waals surface area contributed by atoms with E-state index in [0.717, 1.165) is 12.5 Å². The van der Waals surface area contributed by atoms with Crippen LogP contribution in [0.4, 0.5) is 10.1 Å². The molecule has 5 rings (SSSR count). The number of likely N-dealkylation sites (tertiary alicyclic amines) is 1. The highest BCUT2D eigenvalue weighted by molar-refractivity contribution is 6.22. The molecular weight excluding hydrogens is 527 g/mol. The first kappa shape index (κ1) is 27.7. The van der Waals surface area contributed by atoms with Crippen LogP contribution in [-0.4, -0.2) is 99.0 Å². The third kappa shape index (κ3) is 4.16. The van der Waals surface area contributed by atoms with Crippen LogP contribution in [0.25, 0.3) is 5.76 Å². The highest BCUT2D eigenvalue weighted by Gasteiger charge is 2.60. The van der Waals surface area contributed by atoms with E-state index in [1.807, 2.05) is 19.0 Å². The van der Waals surface area contributed by atoms with Gasteiger partial charge in [0.25, 0.3) is 5.91 Å². The highest BCUT2D eigenvalue weighted by atomic mass is 19.1. The SMILES string of the molecule is CN(C)[C@@H]1CCN(CC(=O)Nc2cc(F)c3c(c2O)C(O)=C2C(=O)[C@]4(O)C(O)=C(C(N)=O)C(=O)C[C@@H]4CC2C3)C1. The molecule has 0 bridgehead atoms. The molecule has 13 heteroatoms. The number of nitrogens with one attached hydrogen (secondary N) is 1. The number of phenolic OH excluding ortho intramolecular Hbond substituents is 1. The maximum Gasteiger partial charge on any atom is 0.255 e. The molecule has 0 radical (unpaired) electrons. The minimum Gasteiger partial charge on any atom is -0.508 e. The second-order valence-corrected chi connectivity index (χ2v) is 11.2. The first-order chi connectivity index (χ1) is 18.7. The zero-order valence-electron chi connectivity index (χ0n) is 22.0. The summed E-state index contributed by atoms with van der Waals surface area (Å²) >= 11 is 0. The molecule has 4 atom stereocenters. The molecule has 1 aromatic carbocycles. The van der Waals surface area contributed by atoms with Gasteiger partial charge in [-0.05, 0) is 39.3 Å². The Bertz CT molecular complexity index is 1420. The van der Waals surface area contributed by atoms with Crippen molar-refractivity contribution in [1.82, 2.24) is 9.80 Å². The Morgan fingerprint density at radius 1 is 1.23 bits per heavy atom. The number of anilines is 1. The standard InChI is InChI=1S/C27H31FN4O8/c1-31(2)13-3-4-32(9-13)10-18(34)30-16-8-15(28)14-6-11-5-12-7-17(33)21(26(29)39)25(38)27(12,40)24(37)19(11)23(36)20(14)22(16)35/h8,11-13,35-36,38,40H,3-7,9-10H2,1-2H3,(H2,29,39)(H,30,34)/t11?,12-,13+,27-/m0/s1. The minimum atomic E-state index is -2.71. The number of benzene rings is 1. The van der Waals surface area contributed by atoms with Gasteiger partial charge in [-0.3, -0.25) is 24.1 Å². The minimum absolute atomic E-state index is 0.00291. The number of aromatic hydroxyl groups is 1. The number of fused-ring (bicyclic) bond motifs is 3. The summed E-state index contributed by atoms with van der Waals surface area (Å²) in [6.07, 6.45) is 0.142. The van der Waals surface area contributed by atoms with Crippen molar-refractivity contribution in [3.63, 3.8) is 0 Å². The Kier molecular flexibility index (Phi) is 6.71. The molecule has 7 N–H and O–H groups in total. The molecule has 1 heterocycles. The van der Waals surface area contributed by atoms with Crippen LogP contribution >= 0.6 is 0 Å². The van der Waals surface area contributed by atoms with Gasteiger partial charge in [0.05, 0.1) is 17.8 Å². The van der Waals surface area contributed by atoms with Crippen LogP contribution < -0.4 is 11.1 Å². The number of likely N-dealkylation sites (N-methyl/N-ethyl adjacent to an activating group) is 1. The van der Waals surface area contributed by atoms with Crippen molar-refractivity contribution in [3.05, 3.63) is 39.9 Å². The van der Waals surface area contributed by atoms with Gasteiger partial charge in [-0.25, -0.2) is 4.39 Å². The monoisotopic (exact) mass is 558 g/mol. The lowest BCUT2D eigenvalue weighted by atomic mass is 9.59. The summed E-state index contributed by atoms with van der Waals surface area (Å²) in [6.45, 7) is 1.35. The number of phenols is 1. The average Bonchev–Trinajstić information content (AvgIpc) is 3.33. The summed E-state index contributed by atoms with van der Waals surface area (Å²) < 4.78 is 15.3. The average molecular weight is 559 g/mol. The van der Waals surface area contributed by atoms with Gasteiger partial charge in [0.2, 0.25) is 11.7 Å². The molecule has 12 nitrogen and oxygen atoms in total. The Morgan fingerprint density at radius 2 is 1.93 bits per heavy atom.